The molecule has 0 radical (unpaired) electrons. The average Bonchev–Trinajstić information content (AvgIpc) is 3.21. The van der Waals surface area contributed by atoms with Crippen molar-refractivity contribution in [2.24, 2.45) is 11.5 Å². The standard InChI is InChI=1S/C28H19Cl2N3O3S/c29-18-10-6-15(7-11-18)14-20-27(36)33-25(31)22(24(34)17-4-2-1-3-5-17)21(16-8-12-19(30)13-9-16)23(26(32)35)28(33)37-20/h1-14,21H,31H2,(H2,32,35). The maximum atomic E-state index is 13.8. The van der Waals surface area contributed by atoms with Crippen molar-refractivity contribution in [3.8, 4) is 0 Å². The SMILES string of the molecule is NC(=O)C1=c2sc(=Cc3ccc(Cl)cc3)c(=O)n2C(N)=C(C(=O)c2ccccc2)C1c1ccc(Cl)cc1. The van der Waals surface area contributed by atoms with E-state index in [1.807, 2.05) is 0 Å². The monoisotopic (exact) mass is 547 g/mol. The molecular weight excluding hydrogens is 529 g/mol. The van der Waals surface area contributed by atoms with Crippen LogP contribution in [0.3, 0.4) is 0 Å². The van der Waals surface area contributed by atoms with Crippen LogP contribution in [-0.2, 0) is 4.79 Å². The van der Waals surface area contributed by atoms with E-state index in [1.165, 1.54) is 4.57 Å². The van der Waals surface area contributed by atoms with Gasteiger partial charge in [0.1, 0.15) is 10.5 Å². The van der Waals surface area contributed by atoms with Gasteiger partial charge in [0, 0.05) is 21.5 Å². The van der Waals surface area contributed by atoms with Crippen LogP contribution in [0.25, 0.3) is 17.5 Å². The molecule has 184 valence electrons. The van der Waals surface area contributed by atoms with Gasteiger partial charge in [-0.3, -0.25) is 19.0 Å². The van der Waals surface area contributed by atoms with Gasteiger partial charge in [-0.25, -0.2) is 0 Å². The molecule has 1 unspecified atom stereocenters. The minimum Gasteiger partial charge on any atom is -0.384 e. The molecule has 1 aliphatic heterocycles. The molecule has 4 N–H and O–H groups in total. The van der Waals surface area contributed by atoms with E-state index in [0.717, 1.165) is 16.9 Å². The first-order chi connectivity index (χ1) is 17.8. The zero-order chi connectivity index (χ0) is 26.3. The summed E-state index contributed by atoms with van der Waals surface area (Å²) in [6, 6.07) is 22.2. The molecule has 0 aliphatic carbocycles. The molecule has 0 fully saturated rings. The summed E-state index contributed by atoms with van der Waals surface area (Å²) in [6.07, 6.45) is 1.68. The second-order valence-electron chi connectivity index (χ2n) is 8.36. The molecule has 0 saturated heterocycles. The zero-order valence-electron chi connectivity index (χ0n) is 19.2. The van der Waals surface area contributed by atoms with Crippen molar-refractivity contribution in [1.29, 1.82) is 0 Å². The van der Waals surface area contributed by atoms with E-state index in [4.69, 9.17) is 34.7 Å². The number of halogens is 2. The van der Waals surface area contributed by atoms with Crippen LogP contribution in [0.4, 0.5) is 0 Å². The summed E-state index contributed by atoms with van der Waals surface area (Å²) in [6.45, 7) is 0. The Labute approximate surface area is 225 Å². The van der Waals surface area contributed by atoms with Gasteiger partial charge in [-0.15, -0.1) is 11.3 Å². The summed E-state index contributed by atoms with van der Waals surface area (Å²) < 4.78 is 1.80. The number of nitrogens with two attached hydrogens (primary N) is 2. The molecule has 0 spiro atoms. The highest BCUT2D eigenvalue weighted by Crippen LogP contribution is 2.38. The zero-order valence-corrected chi connectivity index (χ0v) is 21.5. The molecule has 5 rings (SSSR count). The minimum atomic E-state index is -0.899. The Hall–Kier alpha value is -3.91. The topological polar surface area (TPSA) is 108 Å². The number of Topliss-reactive ketones (excluding diaryl/α,β-unsaturated/α-hetero) is 1. The molecule has 1 aromatic heterocycles. The van der Waals surface area contributed by atoms with Gasteiger partial charge in [0.25, 0.3) is 5.56 Å². The Kier molecular flexibility index (Phi) is 6.60. The molecule has 1 aliphatic rings. The second kappa shape index (κ2) is 9.86. The van der Waals surface area contributed by atoms with Crippen molar-refractivity contribution in [2.75, 3.05) is 0 Å². The Bertz CT molecular complexity index is 1750. The molecule has 4 aromatic rings. The predicted molar refractivity (Wildman–Crippen MR) is 148 cm³/mol. The Balaban J connectivity index is 1.86. The van der Waals surface area contributed by atoms with E-state index in [0.29, 0.717) is 25.7 Å². The van der Waals surface area contributed by atoms with Crippen LogP contribution in [0.2, 0.25) is 10.0 Å². The second-order valence-corrected chi connectivity index (χ2v) is 10.3. The summed E-state index contributed by atoms with van der Waals surface area (Å²) in [7, 11) is 0. The van der Waals surface area contributed by atoms with Crippen LogP contribution in [0.15, 0.2) is 89.2 Å². The molecule has 1 amide bonds. The summed E-state index contributed by atoms with van der Waals surface area (Å²) in [5.41, 5.74) is 13.9. The third kappa shape index (κ3) is 4.53. The molecule has 3 aromatic carbocycles. The molecule has 37 heavy (non-hydrogen) atoms. The summed E-state index contributed by atoms with van der Waals surface area (Å²) in [5.74, 6) is -2.13. The van der Waals surface area contributed by atoms with Crippen molar-refractivity contribution >= 4 is 63.7 Å². The number of carbonyl (C=O) groups is 2. The number of hydrogen-bond donors (Lipinski definition) is 2. The number of aromatic nitrogens is 1. The number of allylic oxidation sites excluding steroid dienone is 1. The highest BCUT2D eigenvalue weighted by molar-refractivity contribution is 7.07. The van der Waals surface area contributed by atoms with Crippen LogP contribution < -0.4 is 26.2 Å². The first-order valence-corrected chi connectivity index (χ1v) is 12.7. The summed E-state index contributed by atoms with van der Waals surface area (Å²) in [4.78, 5) is 40.3. The molecule has 6 nitrogen and oxygen atoms in total. The van der Waals surface area contributed by atoms with Gasteiger partial charge in [-0.1, -0.05) is 77.8 Å². The lowest BCUT2D eigenvalue weighted by Crippen LogP contribution is -2.42. The molecule has 0 bridgehead atoms. The highest BCUT2D eigenvalue weighted by atomic mass is 35.5. The fraction of sp³-hybridized carbons (Fsp3) is 0.0357. The molecular formula is C28H19Cl2N3O3S. The average molecular weight is 548 g/mol. The first-order valence-electron chi connectivity index (χ1n) is 11.1. The van der Waals surface area contributed by atoms with Gasteiger partial charge >= 0.3 is 0 Å². The van der Waals surface area contributed by atoms with Gasteiger partial charge in [-0.2, -0.15) is 0 Å². The number of nitrogens with zero attached hydrogens (tertiary/aromatic N) is 1. The fourth-order valence-electron chi connectivity index (χ4n) is 4.36. The molecule has 9 heteroatoms. The van der Waals surface area contributed by atoms with Gasteiger partial charge in [0.05, 0.1) is 15.7 Å². The lowest BCUT2D eigenvalue weighted by atomic mass is 9.80. The normalized spacial score (nSPS) is 15.6. The number of primary amides is 1. The van der Waals surface area contributed by atoms with Crippen LogP contribution in [0, 0.1) is 0 Å². The Morgan fingerprint density at radius 3 is 2.05 bits per heavy atom. The van der Waals surface area contributed by atoms with Crippen LogP contribution >= 0.6 is 34.5 Å². The number of rotatable bonds is 5. The van der Waals surface area contributed by atoms with E-state index >= 15 is 0 Å². The van der Waals surface area contributed by atoms with Crippen LogP contribution in [-0.4, -0.2) is 16.3 Å². The Morgan fingerprint density at radius 2 is 1.46 bits per heavy atom. The number of carbonyl (C=O) groups excluding carboxylic acids is 2. The van der Waals surface area contributed by atoms with Crippen molar-refractivity contribution in [2.45, 2.75) is 5.92 Å². The van der Waals surface area contributed by atoms with Crippen molar-refractivity contribution in [3.05, 3.63) is 131 Å². The molecule has 0 saturated carbocycles. The lowest BCUT2D eigenvalue weighted by Gasteiger charge is -2.27. The van der Waals surface area contributed by atoms with Gasteiger partial charge < -0.3 is 11.5 Å². The number of amides is 1. The maximum Gasteiger partial charge on any atom is 0.274 e. The van der Waals surface area contributed by atoms with Crippen molar-refractivity contribution in [3.63, 3.8) is 0 Å². The highest BCUT2D eigenvalue weighted by Gasteiger charge is 2.37. The van der Waals surface area contributed by atoms with Crippen LogP contribution in [0.5, 0.6) is 0 Å². The largest absolute Gasteiger partial charge is 0.384 e. The van der Waals surface area contributed by atoms with E-state index in [2.05, 4.69) is 0 Å². The minimum absolute atomic E-state index is 0.0502. The third-order valence-corrected chi connectivity index (χ3v) is 7.68. The number of hydrogen-bond acceptors (Lipinski definition) is 5. The van der Waals surface area contributed by atoms with Crippen molar-refractivity contribution in [1.82, 2.24) is 4.57 Å². The summed E-state index contributed by atoms with van der Waals surface area (Å²) in [5, 5.41) is 1.05. The van der Waals surface area contributed by atoms with Crippen LogP contribution in [0.1, 0.15) is 27.4 Å². The van der Waals surface area contributed by atoms with E-state index in [-0.39, 0.29) is 21.6 Å². The number of benzene rings is 3. The lowest BCUT2D eigenvalue weighted by molar-refractivity contribution is -0.113. The predicted octanol–water partition coefficient (Wildman–Crippen LogP) is 3.49. The quantitative estimate of drug-likeness (QED) is 0.373. The van der Waals surface area contributed by atoms with Gasteiger partial charge in [0.15, 0.2) is 5.78 Å². The smallest absolute Gasteiger partial charge is 0.274 e. The molecule has 1 atom stereocenters. The number of thiazole rings is 1. The number of fused-ring (bicyclic) bond motifs is 1. The van der Waals surface area contributed by atoms with Gasteiger partial charge in [-0.05, 0) is 41.5 Å². The van der Waals surface area contributed by atoms with E-state index in [1.54, 1.807) is 84.9 Å². The van der Waals surface area contributed by atoms with E-state index in [9.17, 15) is 14.4 Å². The maximum absolute atomic E-state index is 13.8. The number of ketones is 1. The molecule has 2 heterocycles. The van der Waals surface area contributed by atoms with Crippen molar-refractivity contribution < 1.29 is 9.59 Å². The first kappa shape index (κ1) is 24.8. The Morgan fingerprint density at radius 1 is 0.865 bits per heavy atom. The van der Waals surface area contributed by atoms with Gasteiger partial charge in [0.2, 0.25) is 5.91 Å². The fourth-order valence-corrected chi connectivity index (χ4v) is 5.79. The van der Waals surface area contributed by atoms with E-state index < -0.39 is 23.2 Å². The summed E-state index contributed by atoms with van der Waals surface area (Å²) >= 11 is 13.2. The third-order valence-electron chi connectivity index (χ3n) is 6.07.